The van der Waals surface area contributed by atoms with Crippen molar-refractivity contribution in [3.05, 3.63) is 35.9 Å². The van der Waals surface area contributed by atoms with Gasteiger partial charge in [-0.2, -0.15) is 0 Å². The van der Waals surface area contributed by atoms with E-state index in [1.54, 1.807) is 6.92 Å². The van der Waals surface area contributed by atoms with Gasteiger partial charge in [-0.1, -0.05) is 30.3 Å². The SMILES string of the molecule is CC(CO)NC(=O)NC(c1ccccc1)C1CC1. The Balaban J connectivity index is 1.97. The highest BCUT2D eigenvalue weighted by atomic mass is 16.3. The average Bonchev–Trinajstić information content (AvgIpc) is 3.21. The normalized spacial score (nSPS) is 17.9. The quantitative estimate of drug-likeness (QED) is 0.744. The first-order chi connectivity index (χ1) is 8.70. The van der Waals surface area contributed by atoms with Crippen LogP contribution in [0.5, 0.6) is 0 Å². The average molecular weight is 248 g/mol. The van der Waals surface area contributed by atoms with Crippen molar-refractivity contribution in [1.29, 1.82) is 0 Å². The van der Waals surface area contributed by atoms with Crippen molar-refractivity contribution in [2.45, 2.75) is 31.8 Å². The lowest BCUT2D eigenvalue weighted by Crippen LogP contribution is -2.44. The van der Waals surface area contributed by atoms with Crippen LogP contribution in [0.4, 0.5) is 4.79 Å². The van der Waals surface area contributed by atoms with Crippen molar-refractivity contribution in [2.75, 3.05) is 6.61 Å². The summed E-state index contributed by atoms with van der Waals surface area (Å²) >= 11 is 0. The maximum atomic E-state index is 11.8. The molecule has 1 aliphatic rings. The minimum atomic E-state index is -0.222. The molecule has 4 nitrogen and oxygen atoms in total. The summed E-state index contributed by atoms with van der Waals surface area (Å²) in [7, 11) is 0. The molecule has 4 heteroatoms. The van der Waals surface area contributed by atoms with Gasteiger partial charge < -0.3 is 15.7 Å². The van der Waals surface area contributed by atoms with Gasteiger partial charge in [0.2, 0.25) is 0 Å². The van der Waals surface area contributed by atoms with Gasteiger partial charge in [-0.15, -0.1) is 0 Å². The Labute approximate surface area is 107 Å². The summed E-state index contributed by atoms with van der Waals surface area (Å²) in [5, 5.41) is 14.6. The molecule has 0 radical (unpaired) electrons. The van der Waals surface area contributed by atoms with Gasteiger partial charge in [0.25, 0.3) is 0 Å². The Bertz CT molecular complexity index is 390. The predicted molar refractivity (Wildman–Crippen MR) is 70.1 cm³/mol. The second-order valence-electron chi connectivity index (χ2n) is 4.93. The number of amides is 2. The Hall–Kier alpha value is -1.55. The Morgan fingerprint density at radius 1 is 1.33 bits per heavy atom. The molecular weight excluding hydrogens is 228 g/mol. The molecule has 0 heterocycles. The molecule has 0 spiro atoms. The van der Waals surface area contributed by atoms with Gasteiger partial charge >= 0.3 is 6.03 Å². The van der Waals surface area contributed by atoms with Crippen LogP contribution in [0.25, 0.3) is 0 Å². The van der Waals surface area contributed by atoms with Crippen LogP contribution in [-0.2, 0) is 0 Å². The van der Waals surface area contributed by atoms with Crippen molar-refractivity contribution < 1.29 is 9.90 Å². The first kappa shape index (κ1) is 12.9. The van der Waals surface area contributed by atoms with Gasteiger partial charge in [0.1, 0.15) is 0 Å². The molecule has 2 atom stereocenters. The molecule has 1 fully saturated rings. The first-order valence-corrected chi connectivity index (χ1v) is 6.43. The van der Waals surface area contributed by atoms with Crippen molar-refractivity contribution in [1.82, 2.24) is 10.6 Å². The summed E-state index contributed by atoms with van der Waals surface area (Å²) in [5.41, 5.74) is 1.15. The number of carbonyl (C=O) groups excluding carboxylic acids is 1. The van der Waals surface area contributed by atoms with E-state index in [4.69, 9.17) is 5.11 Å². The maximum Gasteiger partial charge on any atom is 0.315 e. The number of aliphatic hydroxyl groups is 1. The third kappa shape index (κ3) is 3.47. The third-order valence-electron chi connectivity index (χ3n) is 3.19. The molecule has 0 aromatic heterocycles. The summed E-state index contributed by atoms with van der Waals surface area (Å²) in [6, 6.07) is 9.68. The van der Waals surface area contributed by atoms with Gasteiger partial charge in [0, 0.05) is 0 Å². The minimum Gasteiger partial charge on any atom is -0.394 e. The standard InChI is InChI=1S/C14H20N2O2/c1-10(9-17)15-14(18)16-13(12-7-8-12)11-5-3-2-4-6-11/h2-6,10,12-13,17H,7-9H2,1H3,(H2,15,16,18). The molecule has 1 saturated carbocycles. The van der Waals surface area contributed by atoms with E-state index in [2.05, 4.69) is 10.6 Å². The van der Waals surface area contributed by atoms with Gasteiger partial charge in [-0.25, -0.2) is 4.79 Å². The van der Waals surface area contributed by atoms with E-state index < -0.39 is 0 Å². The van der Waals surface area contributed by atoms with E-state index >= 15 is 0 Å². The van der Waals surface area contributed by atoms with Crippen LogP contribution in [0.1, 0.15) is 31.4 Å². The minimum absolute atomic E-state index is 0.0488. The van der Waals surface area contributed by atoms with Crippen LogP contribution >= 0.6 is 0 Å². The van der Waals surface area contributed by atoms with Crippen molar-refractivity contribution in [3.8, 4) is 0 Å². The van der Waals surface area contributed by atoms with E-state index in [-0.39, 0.29) is 24.7 Å². The smallest absolute Gasteiger partial charge is 0.315 e. The topological polar surface area (TPSA) is 61.4 Å². The zero-order valence-corrected chi connectivity index (χ0v) is 10.6. The number of nitrogens with one attached hydrogen (secondary N) is 2. The summed E-state index contributed by atoms with van der Waals surface area (Å²) in [5.74, 6) is 0.544. The molecule has 0 aliphatic heterocycles. The van der Waals surface area contributed by atoms with Crippen LogP contribution in [0.15, 0.2) is 30.3 Å². The highest BCUT2D eigenvalue weighted by molar-refractivity contribution is 5.74. The Kier molecular flexibility index (Phi) is 4.20. The van der Waals surface area contributed by atoms with E-state index in [1.165, 1.54) is 0 Å². The summed E-state index contributed by atoms with van der Waals surface area (Å²) in [4.78, 5) is 11.8. The van der Waals surface area contributed by atoms with Gasteiger partial charge in [-0.05, 0) is 31.2 Å². The predicted octanol–water partition coefficient (Wildman–Crippen LogP) is 1.82. The number of aliphatic hydroxyl groups excluding tert-OH is 1. The van der Waals surface area contributed by atoms with Crippen molar-refractivity contribution >= 4 is 6.03 Å². The first-order valence-electron chi connectivity index (χ1n) is 6.43. The summed E-state index contributed by atoms with van der Waals surface area (Å²) < 4.78 is 0. The number of benzene rings is 1. The fourth-order valence-corrected chi connectivity index (χ4v) is 2.02. The lowest BCUT2D eigenvalue weighted by Gasteiger charge is -2.20. The molecule has 98 valence electrons. The second-order valence-corrected chi connectivity index (χ2v) is 4.93. The highest BCUT2D eigenvalue weighted by Crippen LogP contribution is 2.40. The van der Waals surface area contributed by atoms with Gasteiger partial charge in [-0.3, -0.25) is 0 Å². The number of hydrogen-bond donors (Lipinski definition) is 3. The van der Waals surface area contributed by atoms with E-state index in [9.17, 15) is 4.79 Å². The molecule has 1 aromatic rings. The Morgan fingerprint density at radius 3 is 2.56 bits per heavy atom. The fourth-order valence-electron chi connectivity index (χ4n) is 2.02. The fraction of sp³-hybridized carbons (Fsp3) is 0.500. The lowest BCUT2D eigenvalue weighted by molar-refractivity contribution is 0.216. The van der Waals surface area contributed by atoms with Crippen LogP contribution in [0, 0.1) is 5.92 Å². The number of urea groups is 1. The molecule has 0 bridgehead atoms. The molecular formula is C14H20N2O2. The molecule has 2 amide bonds. The molecule has 2 rings (SSSR count). The third-order valence-corrected chi connectivity index (χ3v) is 3.19. The zero-order valence-electron chi connectivity index (χ0n) is 10.6. The van der Waals surface area contributed by atoms with Crippen LogP contribution in [0.3, 0.4) is 0 Å². The van der Waals surface area contributed by atoms with Crippen molar-refractivity contribution in [2.24, 2.45) is 5.92 Å². The van der Waals surface area contributed by atoms with Crippen LogP contribution in [-0.4, -0.2) is 23.8 Å². The molecule has 18 heavy (non-hydrogen) atoms. The van der Waals surface area contributed by atoms with Crippen molar-refractivity contribution in [3.63, 3.8) is 0 Å². The monoisotopic (exact) mass is 248 g/mol. The van der Waals surface area contributed by atoms with E-state index in [0.29, 0.717) is 5.92 Å². The summed E-state index contributed by atoms with van der Waals surface area (Å²) in [6.45, 7) is 1.72. The largest absolute Gasteiger partial charge is 0.394 e. The van der Waals surface area contributed by atoms with E-state index in [0.717, 1.165) is 18.4 Å². The van der Waals surface area contributed by atoms with Gasteiger partial charge in [0.05, 0.1) is 18.7 Å². The molecule has 1 aromatic carbocycles. The number of hydrogen-bond acceptors (Lipinski definition) is 2. The second kappa shape index (κ2) is 5.87. The molecule has 0 saturated heterocycles. The molecule has 2 unspecified atom stereocenters. The lowest BCUT2D eigenvalue weighted by atomic mass is 10.0. The van der Waals surface area contributed by atoms with Gasteiger partial charge in [0.15, 0.2) is 0 Å². The Morgan fingerprint density at radius 2 is 2.00 bits per heavy atom. The van der Waals surface area contributed by atoms with Crippen LogP contribution < -0.4 is 10.6 Å². The summed E-state index contributed by atoms with van der Waals surface area (Å²) in [6.07, 6.45) is 2.32. The zero-order chi connectivity index (χ0) is 13.0. The molecule has 1 aliphatic carbocycles. The highest BCUT2D eigenvalue weighted by Gasteiger charge is 2.33. The number of rotatable bonds is 5. The van der Waals surface area contributed by atoms with E-state index in [1.807, 2.05) is 30.3 Å². The maximum absolute atomic E-state index is 11.8. The number of carbonyl (C=O) groups is 1. The molecule has 3 N–H and O–H groups in total. The van der Waals surface area contributed by atoms with Crippen LogP contribution in [0.2, 0.25) is 0 Å².